The average molecular weight is 206 g/mol. The fraction of sp³-hybridized carbons (Fsp3) is 0.636. The summed E-state index contributed by atoms with van der Waals surface area (Å²) in [5.41, 5.74) is 5.92. The Balaban J connectivity index is 1.95. The third-order valence-electron chi connectivity index (χ3n) is 3.02. The second-order valence-electron chi connectivity index (χ2n) is 4.27. The largest absolute Gasteiger partial charge is 0.328 e. The van der Waals surface area contributed by atoms with Crippen LogP contribution in [-0.2, 0) is 6.54 Å². The standard InChI is InChI=1S/C11H18N4/c1-9-7-10(12)3-6-15(9)8-11-13-4-2-5-14-11/h2,4-5,9-10H,3,6-8,12H2,1H3. The number of piperidine rings is 1. The minimum Gasteiger partial charge on any atom is -0.328 e. The zero-order valence-corrected chi connectivity index (χ0v) is 9.13. The van der Waals surface area contributed by atoms with E-state index < -0.39 is 0 Å². The van der Waals surface area contributed by atoms with E-state index in [1.807, 2.05) is 6.07 Å². The highest BCUT2D eigenvalue weighted by molar-refractivity contribution is 4.91. The first kappa shape index (κ1) is 10.5. The summed E-state index contributed by atoms with van der Waals surface area (Å²) in [7, 11) is 0. The van der Waals surface area contributed by atoms with Crippen LogP contribution in [-0.4, -0.2) is 33.5 Å². The molecule has 0 aromatic carbocycles. The zero-order chi connectivity index (χ0) is 10.7. The quantitative estimate of drug-likeness (QED) is 0.777. The normalized spacial score (nSPS) is 27.9. The Labute approximate surface area is 90.5 Å². The van der Waals surface area contributed by atoms with Gasteiger partial charge in [-0.25, -0.2) is 9.97 Å². The van der Waals surface area contributed by atoms with Gasteiger partial charge in [0, 0.05) is 31.0 Å². The van der Waals surface area contributed by atoms with Gasteiger partial charge in [0.05, 0.1) is 6.54 Å². The van der Waals surface area contributed by atoms with Crippen LogP contribution in [0.4, 0.5) is 0 Å². The molecule has 4 nitrogen and oxygen atoms in total. The predicted molar refractivity (Wildman–Crippen MR) is 59.1 cm³/mol. The lowest BCUT2D eigenvalue weighted by Gasteiger charge is -2.35. The molecule has 82 valence electrons. The molecule has 4 heteroatoms. The third-order valence-corrected chi connectivity index (χ3v) is 3.02. The molecule has 1 fully saturated rings. The Hall–Kier alpha value is -1.00. The molecule has 0 aliphatic carbocycles. The smallest absolute Gasteiger partial charge is 0.142 e. The molecule has 1 saturated heterocycles. The Morgan fingerprint density at radius 1 is 1.47 bits per heavy atom. The molecule has 2 unspecified atom stereocenters. The van der Waals surface area contributed by atoms with Crippen LogP contribution in [0.1, 0.15) is 25.6 Å². The van der Waals surface area contributed by atoms with Crippen LogP contribution in [0.5, 0.6) is 0 Å². The maximum atomic E-state index is 5.92. The van der Waals surface area contributed by atoms with Crippen molar-refractivity contribution < 1.29 is 0 Å². The van der Waals surface area contributed by atoms with Crippen LogP contribution >= 0.6 is 0 Å². The number of likely N-dealkylation sites (tertiary alicyclic amines) is 1. The van der Waals surface area contributed by atoms with Gasteiger partial charge in [0.25, 0.3) is 0 Å². The van der Waals surface area contributed by atoms with Crippen molar-refractivity contribution in [3.8, 4) is 0 Å². The van der Waals surface area contributed by atoms with Crippen molar-refractivity contribution in [2.24, 2.45) is 5.73 Å². The van der Waals surface area contributed by atoms with Crippen molar-refractivity contribution in [3.05, 3.63) is 24.3 Å². The van der Waals surface area contributed by atoms with E-state index in [-0.39, 0.29) is 0 Å². The molecule has 0 radical (unpaired) electrons. The van der Waals surface area contributed by atoms with Crippen LogP contribution in [0.25, 0.3) is 0 Å². The minimum atomic E-state index is 0.368. The number of hydrogen-bond acceptors (Lipinski definition) is 4. The fourth-order valence-corrected chi connectivity index (χ4v) is 2.09. The maximum Gasteiger partial charge on any atom is 0.142 e. The van der Waals surface area contributed by atoms with Crippen molar-refractivity contribution in [2.75, 3.05) is 6.54 Å². The summed E-state index contributed by atoms with van der Waals surface area (Å²) >= 11 is 0. The van der Waals surface area contributed by atoms with Crippen molar-refractivity contribution in [3.63, 3.8) is 0 Å². The van der Waals surface area contributed by atoms with Gasteiger partial charge >= 0.3 is 0 Å². The van der Waals surface area contributed by atoms with E-state index in [0.717, 1.165) is 31.8 Å². The van der Waals surface area contributed by atoms with Gasteiger partial charge in [0.15, 0.2) is 0 Å². The molecule has 2 rings (SSSR count). The minimum absolute atomic E-state index is 0.368. The Kier molecular flexibility index (Phi) is 3.28. The summed E-state index contributed by atoms with van der Waals surface area (Å²) in [5.74, 6) is 0.903. The molecule has 1 aromatic heterocycles. The molecule has 2 N–H and O–H groups in total. The average Bonchev–Trinajstić information content (AvgIpc) is 2.24. The van der Waals surface area contributed by atoms with E-state index in [4.69, 9.17) is 5.73 Å². The second-order valence-corrected chi connectivity index (χ2v) is 4.27. The van der Waals surface area contributed by atoms with Crippen molar-refractivity contribution >= 4 is 0 Å². The van der Waals surface area contributed by atoms with E-state index >= 15 is 0 Å². The van der Waals surface area contributed by atoms with Crippen LogP contribution in [0.3, 0.4) is 0 Å². The first-order valence-electron chi connectivity index (χ1n) is 5.51. The molecular formula is C11H18N4. The first-order valence-corrected chi connectivity index (χ1v) is 5.51. The topological polar surface area (TPSA) is 55.0 Å². The Morgan fingerprint density at radius 2 is 2.20 bits per heavy atom. The van der Waals surface area contributed by atoms with Crippen molar-refractivity contribution in [1.82, 2.24) is 14.9 Å². The van der Waals surface area contributed by atoms with E-state index in [0.29, 0.717) is 12.1 Å². The summed E-state index contributed by atoms with van der Waals surface area (Å²) in [4.78, 5) is 10.9. The Bertz CT molecular complexity index is 301. The highest BCUT2D eigenvalue weighted by Gasteiger charge is 2.23. The summed E-state index contributed by atoms with van der Waals surface area (Å²) in [6, 6.07) is 2.75. The van der Waals surface area contributed by atoms with Gasteiger partial charge in [-0.05, 0) is 25.8 Å². The highest BCUT2D eigenvalue weighted by atomic mass is 15.2. The lowest BCUT2D eigenvalue weighted by Crippen LogP contribution is -2.45. The van der Waals surface area contributed by atoms with Crippen LogP contribution in [0.2, 0.25) is 0 Å². The lowest BCUT2D eigenvalue weighted by atomic mass is 9.99. The molecule has 1 aromatic rings. The SMILES string of the molecule is CC1CC(N)CCN1Cc1ncccn1. The molecule has 0 bridgehead atoms. The molecule has 2 heterocycles. The number of nitrogens with two attached hydrogens (primary N) is 1. The second kappa shape index (κ2) is 4.68. The summed E-state index contributed by atoms with van der Waals surface area (Å²) < 4.78 is 0. The van der Waals surface area contributed by atoms with Crippen molar-refractivity contribution in [2.45, 2.75) is 38.4 Å². The molecular weight excluding hydrogens is 188 g/mol. The molecule has 0 saturated carbocycles. The van der Waals surface area contributed by atoms with Gasteiger partial charge in [0.2, 0.25) is 0 Å². The zero-order valence-electron chi connectivity index (χ0n) is 9.13. The van der Waals surface area contributed by atoms with Crippen molar-refractivity contribution in [1.29, 1.82) is 0 Å². The molecule has 1 aliphatic rings. The van der Waals surface area contributed by atoms with Crippen LogP contribution in [0, 0.1) is 0 Å². The maximum absolute atomic E-state index is 5.92. The molecule has 0 spiro atoms. The molecule has 0 amide bonds. The Morgan fingerprint density at radius 3 is 2.87 bits per heavy atom. The van der Waals surface area contributed by atoms with E-state index in [9.17, 15) is 0 Å². The van der Waals surface area contributed by atoms with Gasteiger partial charge in [-0.1, -0.05) is 0 Å². The monoisotopic (exact) mass is 206 g/mol. The first-order chi connectivity index (χ1) is 7.25. The molecule has 2 atom stereocenters. The molecule has 15 heavy (non-hydrogen) atoms. The van der Waals surface area contributed by atoms with Gasteiger partial charge in [-0.3, -0.25) is 4.90 Å². The fourth-order valence-electron chi connectivity index (χ4n) is 2.09. The van der Waals surface area contributed by atoms with Gasteiger partial charge < -0.3 is 5.73 Å². The van der Waals surface area contributed by atoms with Crippen LogP contribution in [0.15, 0.2) is 18.5 Å². The van der Waals surface area contributed by atoms with Gasteiger partial charge in [-0.15, -0.1) is 0 Å². The molecule has 1 aliphatic heterocycles. The van der Waals surface area contributed by atoms with E-state index in [2.05, 4.69) is 21.8 Å². The summed E-state index contributed by atoms with van der Waals surface area (Å²) in [6.45, 7) is 4.12. The van der Waals surface area contributed by atoms with Gasteiger partial charge in [0.1, 0.15) is 5.82 Å². The predicted octanol–water partition coefficient (Wildman–Crippen LogP) is 0.788. The number of aromatic nitrogens is 2. The number of hydrogen-bond donors (Lipinski definition) is 1. The lowest BCUT2D eigenvalue weighted by molar-refractivity contribution is 0.136. The number of rotatable bonds is 2. The van der Waals surface area contributed by atoms with E-state index in [1.54, 1.807) is 12.4 Å². The third kappa shape index (κ3) is 2.73. The van der Waals surface area contributed by atoms with Crippen LogP contribution < -0.4 is 5.73 Å². The van der Waals surface area contributed by atoms with Gasteiger partial charge in [-0.2, -0.15) is 0 Å². The highest BCUT2D eigenvalue weighted by Crippen LogP contribution is 2.17. The van der Waals surface area contributed by atoms with E-state index in [1.165, 1.54) is 0 Å². The number of nitrogens with zero attached hydrogens (tertiary/aromatic N) is 3. The summed E-state index contributed by atoms with van der Waals surface area (Å²) in [6.07, 6.45) is 5.75. The summed E-state index contributed by atoms with van der Waals surface area (Å²) in [5, 5.41) is 0.